The largest absolute Gasteiger partial charge is 0.497 e. The molecule has 3 rings (SSSR count). The summed E-state index contributed by atoms with van der Waals surface area (Å²) >= 11 is 1.34. The van der Waals surface area contributed by atoms with Crippen LogP contribution in [0.3, 0.4) is 0 Å². The number of hydrogen-bond donors (Lipinski definition) is 2. The van der Waals surface area contributed by atoms with Gasteiger partial charge >= 0.3 is 6.03 Å². The summed E-state index contributed by atoms with van der Waals surface area (Å²) in [7, 11) is 1.57. The molecule has 0 unspecified atom stereocenters. The number of anilines is 2. The van der Waals surface area contributed by atoms with Gasteiger partial charge in [-0.15, -0.1) is 0 Å². The highest BCUT2D eigenvalue weighted by Crippen LogP contribution is 2.31. The van der Waals surface area contributed by atoms with Crippen molar-refractivity contribution in [3.63, 3.8) is 0 Å². The maximum Gasteiger partial charge on any atom is 0.325 e. The highest BCUT2D eigenvalue weighted by Gasteiger charge is 2.31. The topological polar surface area (TPSA) is 83.6 Å². The number of unbranched alkanes of at least 4 members (excludes halogenated alkanes) is 1. The Hall–Kier alpha value is -2.61. The minimum atomic E-state index is -0.407. The molecule has 0 spiro atoms. The highest BCUT2D eigenvalue weighted by atomic mass is 32.1. The Labute approximate surface area is 150 Å². The van der Waals surface area contributed by atoms with Gasteiger partial charge in [0.1, 0.15) is 11.4 Å². The van der Waals surface area contributed by atoms with Gasteiger partial charge in [-0.05, 0) is 18.6 Å². The minimum Gasteiger partial charge on any atom is -0.497 e. The average Bonchev–Trinajstić information content (AvgIpc) is 3.11. The molecule has 0 saturated carbocycles. The van der Waals surface area contributed by atoms with Crippen molar-refractivity contribution < 1.29 is 14.3 Å². The Morgan fingerprint density at radius 3 is 2.96 bits per heavy atom. The molecule has 0 aliphatic carbocycles. The molecule has 8 heteroatoms. The van der Waals surface area contributed by atoms with Crippen molar-refractivity contribution in [2.45, 2.75) is 26.3 Å². The van der Waals surface area contributed by atoms with Gasteiger partial charge in [-0.1, -0.05) is 30.7 Å². The zero-order valence-corrected chi connectivity index (χ0v) is 15.0. The second kappa shape index (κ2) is 7.52. The number of methoxy groups -OCH3 is 1. The van der Waals surface area contributed by atoms with Gasteiger partial charge < -0.3 is 15.0 Å². The molecule has 0 atom stereocenters. The molecule has 1 aliphatic heterocycles. The number of carbonyl (C=O) groups excluding carboxylic acids is 2. The van der Waals surface area contributed by atoms with Crippen molar-refractivity contribution in [3.05, 3.63) is 34.8 Å². The molecule has 1 aliphatic rings. The number of carbonyl (C=O) groups is 2. The smallest absolute Gasteiger partial charge is 0.325 e. The van der Waals surface area contributed by atoms with Crippen LogP contribution in [0.4, 0.5) is 15.6 Å². The van der Waals surface area contributed by atoms with E-state index in [0.29, 0.717) is 28.8 Å². The monoisotopic (exact) mass is 360 g/mol. The quantitative estimate of drug-likeness (QED) is 0.825. The number of benzene rings is 1. The third-order valence-corrected chi connectivity index (χ3v) is 4.81. The lowest BCUT2D eigenvalue weighted by Gasteiger charge is -2.14. The van der Waals surface area contributed by atoms with Gasteiger partial charge in [0.15, 0.2) is 5.13 Å². The molecule has 2 heterocycles. The molecule has 0 bridgehead atoms. The molecule has 0 radical (unpaired) electrons. The molecule has 132 valence electrons. The number of hydrogen-bond acceptors (Lipinski definition) is 5. The fraction of sp³-hybridized carbons (Fsp3) is 0.353. The average molecular weight is 360 g/mol. The number of amides is 3. The van der Waals surface area contributed by atoms with Gasteiger partial charge in [0.05, 0.1) is 18.5 Å². The Morgan fingerprint density at radius 1 is 1.40 bits per heavy atom. The van der Waals surface area contributed by atoms with Crippen LogP contribution in [-0.4, -0.2) is 35.5 Å². The van der Waals surface area contributed by atoms with Crippen LogP contribution in [0.15, 0.2) is 24.3 Å². The summed E-state index contributed by atoms with van der Waals surface area (Å²) in [6.45, 7) is 3.42. The third-order valence-electron chi connectivity index (χ3n) is 3.85. The van der Waals surface area contributed by atoms with E-state index in [0.717, 1.165) is 24.3 Å². The van der Waals surface area contributed by atoms with Gasteiger partial charge in [0.25, 0.3) is 5.91 Å². The predicted molar refractivity (Wildman–Crippen MR) is 97.4 cm³/mol. The highest BCUT2D eigenvalue weighted by molar-refractivity contribution is 7.16. The number of nitrogens with one attached hydrogen (secondary N) is 2. The van der Waals surface area contributed by atoms with Crippen LogP contribution >= 0.6 is 11.3 Å². The minimum absolute atomic E-state index is 0.0547. The summed E-state index contributed by atoms with van der Waals surface area (Å²) in [4.78, 5) is 31.4. The van der Waals surface area contributed by atoms with Gasteiger partial charge in [-0.2, -0.15) is 0 Å². The van der Waals surface area contributed by atoms with Gasteiger partial charge in [0, 0.05) is 18.3 Å². The normalized spacial score (nSPS) is 12.9. The second-order valence-corrected chi connectivity index (χ2v) is 6.77. The molecule has 1 aromatic heterocycles. The van der Waals surface area contributed by atoms with Crippen LogP contribution in [0.5, 0.6) is 5.75 Å². The molecule has 0 fully saturated rings. The first-order chi connectivity index (χ1) is 12.1. The fourth-order valence-electron chi connectivity index (χ4n) is 2.56. The lowest BCUT2D eigenvalue weighted by molar-refractivity contribution is 0.0772. The molecule has 0 saturated heterocycles. The standard InChI is InChI=1S/C17H20N4O3S/c1-3-4-8-21-10-13-14(15(21)22)19-17(25-13)20-16(23)18-11-6-5-7-12(9-11)24-2/h5-7,9H,3-4,8,10H2,1-2H3,(H2,18,19,20,23). The summed E-state index contributed by atoms with van der Waals surface area (Å²) < 4.78 is 5.12. The molecule has 2 N–H and O–H groups in total. The van der Waals surface area contributed by atoms with Gasteiger partial charge in [-0.25, -0.2) is 9.78 Å². The van der Waals surface area contributed by atoms with E-state index in [1.807, 2.05) is 0 Å². The number of thiazole rings is 1. The molecule has 7 nitrogen and oxygen atoms in total. The maximum absolute atomic E-state index is 12.3. The first kappa shape index (κ1) is 17.2. The van der Waals surface area contributed by atoms with Crippen molar-refractivity contribution in [3.8, 4) is 5.75 Å². The summed E-state index contributed by atoms with van der Waals surface area (Å²) in [6.07, 6.45) is 2.02. The summed E-state index contributed by atoms with van der Waals surface area (Å²) in [5, 5.41) is 5.83. The van der Waals surface area contributed by atoms with E-state index in [9.17, 15) is 9.59 Å². The van der Waals surface area contributed by atoms with Crippen LogP contribution in [0.2, 0.25) is 0 Å². The van der Waals surface area contributed by atoms with Crippen LogP contribution < -0.4 is 15.4 Å². The Bertz CT molecular complexity index is 790. The summed E-state index contributed by atoms with van der Waals surface area (Å²) in [6, 6.07) is 6.66. The second-order valence-electron chi connectivity index (χ2n) is 5.68. The zero-order chi connectivity index (χ0) is 17.8. The van der Waals surface area contributed by atoms with Crippen molar-refractivity contribution in [1.82, 2.24) is 9.88 Å². The molecular weight excluding hydrogens is 340 g/mol. The first-order valence-corrected chi connectivity index (χ1v) is 8.93. The summed E-state index contributed by atoms with van der Waals surface area (Å²) in [5.41, 5.74) is 1.07. The number of rotatable bonds is 6. The summed E-state index contributed by atoms with van der Waals surface area (Å²) in [5.74, 6) is 0.602. The van der Waals surface area contributed by atoms with Gasteiger partial charge in [-0.3, -0.25) is 10.1 Å². The third kappa shape index (κ3) is 3.90. The van der Waals surface area contributed by atoms with Crippen LogP contribution in [0.1, 0.15) is 35.1 Å². The molecule has 1 aromatic carbocycles. The van der Waals surface area contributed by atoms with E-state index >= 15 is 0 Å². The van der Waals surface area contributed by atoms with Crippen molar-refractivity contribution in [2.24, 2.45) is 0 Å². The van der Waals surface area contributed by atoms with E-state index in [2.05, 4.69) is 22.5 Å². The van der Waals surface area contributed by atoms with Crippen LogP contribution in [0, 0.1) is 0 Å². The van der Waals surface area contributed by atoms with E-state index in [-0.39, 0.29) is 5.91 Å². The SMILES string of the molecule is CCCCN1Cc2sc(NC(=O)Nc3cccc(OC)c3)nc2C1=O. The van der Waals surface area contributed by atoms with Crippen LogP contribution in [-0.2, 0) is 6.54 Å². The van der Waals surface area contributed by atoms with Crippen LogP contribution in [0.25, 0.3) is 0 Å². The number of nitrogens with zero attached hydrogens (tertiary/aromatic N) is 2. The first-order valence-electron chi connectivity index (χ1n) is 8.11. The fourth-order valence-corrected chi connectivity index (χ4v) is 3.53. The Balaban J connectivity index is 1.61. The number of urea groups is 1. The van der Waals surface area contributed by atoms with Gasteiger partial charge in [0.2, 0.25) is 0 Å². The zero-order valence-electron chi connectivity index (χ0n) is 14.2. The van der Waals surface area contributed by atoms with E-state index in [4.69, 9.17) is 4.74 Å². The maximum atomic E-state index is 12.3. The molecular formula is C17H20N4O3S. The lowest BCUT2D eigenvalue weighted by Crippen LogP contribution is -2.25. The van der Waals surface area contributed by atoms with E-state index in [1.54, 1.807) is 36.3 Å². The number of fused-ring (bicyclic) bond motifs is 1. The predicted octanol–water partition coefficient (Wildman–Crippen LogP) is 3.55. The number of aromatic nitrogens is 1. The number of ether oxygens (including phenoxy) is 1. The Morgan fingerprint density at radius 2 is 2.24 bits per heavy atom. The van der Waals surface area contributed by atoms with Crippen molar-refractivity contribution >= 4 is 34.1 Å². The van der Waals surface area contributed by atoms with E-state index in [1.165, 1.54) is 11.3 Å². The molecule has 2 aromatic rings. The van der Waals surface area contributed by atoms with E-state index < -0.39 is 6.03 Å². The van der Waals surface area contributed by atoms with Crippen molar-refractivity contribution in [2.75, 3.05) is 24.3 Å². The molecule has 25 heavy (non-hydrogen) atoms. The van der Waals surface area contributed by atoms with Crippen molar-refractivity contribution in [1.29, 1.82) is 0 Å². The molecule has 3 amide bonds. The lowest BCUT2D eigenvalue weighted by atomic mass is 10.3. The Kier molecular flexibility index (Phi) is 5.18.